The molecule has 1 aliphatic heterocycles. The van der Waals surface area contributed by atoms with Crippen molar-refractivity contribution in [3.63, 3.8) is 0 Å². The molecule has 0 fully saturated rings. The van der Waals surface area contributed by atoms with E-state index in [-0.39, 0.29) is 0 Å². The summed E-state index contributed by atoms with van der Waals surface area (Å²) in [7, 11) is 0. The lowest BCUT2D eigenvalue weighted by atomic mass is 9.94. The summed E-state index contributed by atoms with van der Waals surface area (Å²) < 4.78 is 8.19. The van der Waals surface area contributed by atoms with Crippen LogP contribution < -0.4 is 4.74 Å². The molecule has 0 bridgehead atoms. The number of rotatable bonds is 0. The van der Waals surface area contributed by atoms with Gasteiger partial charge in [-0.25, -0.2) is 0 Å². The van der Waals surface area contributed by atoms with Crippen LogP contribution in [0.15, 0.2) is 41.4 Å². The normalized spacial score (nSPS) is 12.7. The molecular formula is C15H10BrIO. The van der Waals surface area contributed by atoms with Crippen LogP contribution in [0.4, 0.5) is 0 Å². The summed E-state index contributed by atoms with van der Waals surface area (Å²) in [5.74, 6) is 1.75. The Hall–Kier alpha value is -0.810. The van der Waals surface area contributed by atoms with Gasteiger partial charge >= 0.3 is 0 Å². The van der Waals surface area contributed by atoms with E-state index < -0.39 is 0 Å². The van der Waals surface area contributed by atoms with E-state index in [0.29, 0.717) is 0 Å². The summed E-state index contributed by atoms with van der Waals surface area (Å²) in [5.41, 5.74) is 4.37. The van der Waals surface area contributed by atoms with Gasteiger partial charge < -0.3 is 4.74 Å². The monoisotopic (exact) mass is 412 g/mol. The smallest absolute Gasteiger partial charge is 0.136 e. The van der Waals surface area contributed by atoms with Gasteiger partial charge in [0, 0.05) is 19.2 Å². The van der Waals surface area contributed by atoms with E-state index in [1.165, 1.54) is 9.13 Å². The lowest BCUT2D eigenvalue weighted by Crippen LogP contribution is -2.02. The number of benzene rings is 2. The second kappa shape index (κ2) is 4.38. The fraction of sp³-hybridized carbons (Fsp3) is 0.0667. The molecule has 3 rings (SSSR count). The van der Waals surface area contributed by atoms with Gasteiger partial charge in [-0.3, -0.25) is 0 Å². The standard InChI is InChI=1S/C15H10BrIO/c1-8-5-11-9(2)12-6-10(17)3-4-14(12)18-15(11)7-13(8)16/h3-7H,2H2,1H3. The van der Waals surface area contributed by atoms with Crippen LogP contribution in [0.5, 0.6) is 11.5 Å². The Kier molecular flexibility index (Phi) is 2.98. The fourth-order valence-electron chi connectivity index (χ4n) is 2.07. The van der Waals surface area contributed by atoms with Crippen molar-refractivity contribution in [2.24, 2.45) is 0 Å². The van der Waals surface area contributed by atoms with E-state index in [1.54, 1.807) is 0 Å². The SMILES string of the molecule is C=C1c2cc(I)ccc2Oc2cc(Br)c(C)cc21. The average molecular weight is 413 g/mol. The van der Waals surface area contributed by atoms with Gasteiger partial charge in [-0.2, -0.15) is 0 Å². The maximum Gasteiger partial charge on any atom is 0.136 e. The summed E-state index contributed by atoms with van der Waals surface area (Å²) in [6.07, 6.45) is 0. The van der Waals surface area contributed by atoms with Gasteiger partial charge in [-0.05, 0) is 71.0 Å². The first-order valence-electron chi connectivity index (χ1n) is 5.53. The number of aryl methyl sites for hydroxylation is 1. The number of hydrogen-bond acceptors (Lipinski definition) is 1. The van der Waals surface area contributed by atoms with Crippen molar-refractivity contribution in [3.8, 4) is 11.5 Å². The van der Waals surface area contributed by atoms with E-state index in [1.807, 2.05) is 18.2 Å². The van der Waals surface area contributed by atoms with E-state index >= 15 is 0 Å². The van der Waals surface area contributed by atoms with Crippen LogP contribution in [0.25, 0.3) is 5.57 Å². The predicted molar refractivity (Wildman–Crippen MR) is 86.2 cm³/mol. The van der Waals surface area contributed by atoms with Gasteiger partial charge in [-0.15, -0.1) is 0 Å². The highest BCUT2D eigenvalue weighted by Gasteiger charge is 2.21. The molecule has 0 unspecified atom stereocenters. The Morgan fingerprint density at radius 3 is 2.61 bits per heavy atom. The van der Waals surface area contributed by atoms with E-state index in [0.717, 1.165) is 32.7 Å². The molecule has 90 valence electrons. The highest BCUT2D eigenvalue weighted by molar-refractivity contribution is 14.1. The second-order valence-corrected chi connectivity index (χ2v) is 6.42. The molecule has 0 saturated heterocycles. The van der Waals surface area contributed by atoms with Crippen molar-refractivity contribution in [3.05, 3.63) is 61.6 Å². The third-order valence-corrected chi connectivity index (χ3v) is 4.60. The van der Waals surface area contributed by atoms with Gasteiger partial charge in [0.2, 0.25) is 0 Å². The van der Waals surface area contributed by atoms with Gasteiger partial charge in [0.05, 0.1) is 0 Å². The Balaban J connectivity index is 2.22. The van der Waals surface area contributed by atoms with Gasteiger partial charge in [0.25, 0.3) is 0 Å². The molecule has 2 aromatic carbocycles. The number of ether oxygens (including phenoxy) is 1. The molecule has 0 atom stereocenters. The minimum absolute atomic E-state index is 0.867. The number of halogens is 2. The summed E-state index contributed by atoms with van der Waals surface area (Å²) in [5, 5.41) is 0. The van der Waals surface area contributed by atoms with Crippen LogP contribution in [-0.2, 0) is 0 Å². The van der Waals surface area contributed by atoms with Crippen LogP contribution in [0, 0.1) is 10.5 Å². The predicted octanol–water partition coefficient (Wildman–Crippen LogP) is 5.53. The van der Waals surface area contributed by atoms with Crippen LogP contribution in [0.2, 0.25) is 0 Å². The average Bonchev–Trinajstić information content (AvgIpc) is 2.33. The van der Waals surface area contributed by atoms with Crippen molar-refractivity contribution in [1.29, 1.82) is 0 Å². The highest BCUT2D eigenvalue weighted by Crippen LogP contribution is 2.44. The Morgan fingerprint density at radius 2 is 1.83 bits per heavy atom. The Bertz CT molecular complexity index is 676. The zero-order valence-electron chi connectivity index (χ0n) is 9.76. The minimum Gasteiger partial charge on any atom is -0.456 e. The summed E-state index contributed by atoms with van der Waals surface area (Å²) >= 11 is 5.84. The molecule has 0 spiro atoms. The zero-order chi connectivity index (χ0) is 12.9. The maximum absolute atomic E-state index is 5.94. The van der Waals surface area contributed by atoms with E-state index in [4.69, 9.17) is 4.74 Å². The zero-order valence-corrected chi connectivity index (χ0v) is 13.5. The second-order valence-electron chi connectivity index (χ2n) is 4.32. The molecule has 18 heavy (non-hydrogen) atoms. The molecule has 0 aromatic heterocycles. The lowest BCUT2D eigenvalue weighted by Gasteiger charge is -2.23. The van der Waals surface area contributed by atoms with E-state index in [2.05, 4.69) is 64.2 Å². The summed E-state index contributed by atoms with van der Waals surface area (Å²) in [6.45, 7) is 6.28. The van der Waals surface area contributed by atoms with Crippen molar-refractivity contribution in [2.75, 3.05) is 0 Å². The summed E-state index contributed by atoms with van der Waals surface area (Å²) in [6, 6.07) is 10.3. The molecule has 0 aliphatic carbocycles. The van der Waals surface area contributed by atoms with Crippen LogP contribution in [0.3, 0.4) is 0 Å². The van der Waals surface area contributed by atoms with Crippen molar-refractivity contribution in [1.82, 2.24) is 0 Å². The molecule has 0 amide bonds. The summed E-state index contributed by atoms with van der Waals surface area (Å²) in [4.78, 5) is 0. The topological polar surface area (TPSA) is 9.23 Å². The lowest BCUT2D eigenvalue weighted by molar-refractivity contribution is 0.473. The quantitative estimate of drug-likeness (QED) is 0.441. The van der Waals surface area contributed by atoms with Crippen molar-refractivity contribution < 1.29 is 4.74 Å². The van der Waals surface area contributed by atoms with Crippen molar-refractivity contribution in [2.45, 2.75) is 6.92 Å². The largest absolute Gasteiger partial charge is 0.456 e. The molecular weight excluding hydrogens is 403 g/mol. The fourth-order valence-corrected chi connectivity index (χ4v) is 2.89. The highest BCUT2D eigenvalue weighted by atomic mass is 127. The Labute approximate surface area is 128 Å². The third-order valence-electron chi connectivity index (χ3n) is 3.07. The molecule has 0 N–H and O–H groups in total. The number of fused-ring (bicyclic) bond motifs is 2. The molecule has 0 radical (unpaired) electrons. The van der Waals surface area contributed by atoms with Crippen LogP contribution >= 0.6 is 38.5 Å². The van der Waals surface area contributed by atoms with Gasteiger partial charge in [0.1, 0.15) is 11.5 Å². The first-order valence-corrected chi connectivity index (χ1v) is 7.40. The minimum atomic E-state index is 0.867. The molecule has 0 saturated carbocycles. The molecule has 3 heteroatoms. The van der Waals surface area contributed by atoms with Crippen LogP contribution in [-0.4, -0.2) is 0 Å². The maximum atomic E-state index is 5.94. The first-order chi connectivity index (χ1) is 8.56. The van der Waals surface area contributed by atoms with Crippen molar-refractivity contribution >= 4 is 44.1 Å². The van der Waals surface area contributed by atoms with E-state index in [9.17, 15) is 0 Å². The first kappa shape index (κ1) is 12.2. The number of hydrogen-bond donors (Lipinski definition) is 0. The van der Waals surface area contributed by atoms with Crippen LogP contribution in [0.1, 0.15) is 16.7 Å². The molecule has 1 nitrogen and oxygen atoms in total. The Morgan fingerprint density at radius 1 is 1.11 bits per heavy atom. The van der Waals surface area contributed by atoms with Gasteiger partial charge in [0.15, 0.2) is 0 Å². The molecule has 2 aromatic rings. The third kappa shape index (κ3) is 1.89. The molecule has 1 aliphatic rings. The van der Waals surface area contributed by atoms with Gasteiger partial charge in [-0.1, -0.05) is 22.5 Å². The molecule has 1 heterocycles.